The van der Waals surface area contributed by atoms with Crippen LogP contribution in [0, 0.1) is 23.7 Å². The molecule has 0 aromatic rings. The van der Waals surface area contributed by atoms with Gasteiger partial charge >= 0.3 is 5.97 Å². The second kappa shape index (κ2) is 4.42. The van der Waals surface area contributed by atoms with Crippen molar-refractivity contribution in [3.63, 3.8) is 0 Å². The van der Waals surface area contributed by atoms with Crippen molar-refractivity contribution in [1.82, 2.24) is 0 Å². The fraction of sp³-hybridized carbons (Fsp3) is 0.933. The molecule has 2 unspecified atom stereocenters. The summed E-state index contributed by atoms with van der Waals surface area (Å²) in [6.07, 6.45) is 2.42. The van der Waals surface area contributed by atoms with E-state index in [4.69, 9.17) is 9.47 Å². The Morgan fingerprint density at radius 2 is 2.05 bits per heavy atom. The summed E-state index contributed by atoms with van der Waals surface area (Å²) in [5.74, 6) is -1.72. The number of aliphatic carboxylic acids is 1. The largest absolute Gasteiger partial charge is 0.481 e. The zero-order valence-electron chi connectivity index (χ0n) is 12.3. The highest BCUT2D eigenvalue weighted by atomic mass is 16.8. The number of carboxylic acid groups (broad SMARTS) is 1. The summed E-state index contributed by atoms with van der Waals surface area (Å²) in [5.41, 5.74) is -0.845. The van der Waals surface area contributed by atoms with E-state index in [1.807, 2.05) is 6.92 Å². The Balaban J connectivity index is 2.03. The third-order valence-corrected chi connectivity index (χ3v) is 5.82. The standard InChI is InChI=1S/C15H24O5/c1-8-4-5-11(9(2)12(16)17)15-10(8)6-7-14(3,20-15)19-13(15)18/h8-11,13,18H,4-7H2,1-3H3,(H,16,17)/t8-,9-,10?,11?,13-,14+,15-/m1/s1. The van der Waals surface area contributed by atoms with E-state index in [1.54, 1.807) is 6.92 Å². The molecule has 5 heteroatoms. The van der Waals surface area contributed by atoms with Crippen molar-refractivity contribution in [3.05, 3.63) is 0 Å². The van der Waals surface area contributed by atoms with Crippen LogP contribution in [0.1, 0.15) is 46.5 Å². The fourth-order valence-electron chi connectivity index (χ4n) is 4.73. The molecular formula is C15H24O5. The van der Waals surface area contributed by atoms with Gasteiger partial charge in [-0.05, 0) is 38.0 Å². The summed E-state index contributed by atoms with van der Waals surface area (Å²) >= 11 is 0. The molecule has 0 aromatic heterocycles. The molecule has 1 spiro atoms. The summed E-state index contributed by atoms with van der Waals surface area (Å²) in [4.78, 5) is 11.4. The predicted molar refractivity (Wildman–Crippen MR) is 70.7 cm³/mol. The molecule has 0 aromatic carbocycles. The molecule has 2 saturated heterocycles. The Kier molecular flexibility index (Phi) is 3.16. The number of carbonyl (C=O) groups is 1. The molecule has 5 nitrogen and oxygen atoms in total. The molecule has 7 atom stereocenters. The van der Waals surface area contributed by atoms with Crippen LogP contribution >= 0.6 is 0 Å². The van der Waals surface area contributed by atoms with Gasteiger partial charge < -0.3 is 19.7 Å². The molecule has 2 bridgehead atoms. The van der Waals surface area contributed by atoms with Gasteiger partial charge in [0, 0.05) is 12.3 Å². The zero-order valence-corrected chi connectivity index (χ0v) is 12.3. The van der Waals surface area contributed by atoms with Crippen molar-refractivity contribution < 1.29 is 24.5 Å². The second-order valence-corrected chi connectivity index (χ2v) is 6.99. The van der Waals surface area contributed by atoms with E-state index in [9.17, 15) is 15.0 Å². The summed E-state index contributed by atoms with van der Waals surface area (Å²) in [6.45, 7) is 5.74. The zero-order chi connectivity index (χ0) is 14.7. The lowest BCUT2D eigenvalue weighted by Crippen LogP contribution is -2.61. The molecule has 0 amide bonds. The normalized spacial score (nSPS) is 52.4. The molecule has 0 radical (unpaired) electrons. The van der Waals surface area contributed by atoms with E-state index in [0.717, 1.165) is 25.7 Å². The maximum Gasteiger partial charge on any atom is 0.306 e. The second-order valence-electron chi connectivity index (χ2n) is 6.99. The first kappa shape index (κ1) is 14.3. The summed E-state index contributed by atoms with van der Waals surface area (Å²) < 4.78 is 11.9. The number of ether oxygens (including phenoxy) is 2. The summed E-state index contributed by atoms with van der Waals surface area (Å²) in [6, 6.07) is 0. The molecule has 3 fully saturated rings. The van der Waals surface area contributed by atoms with Gasteiger partial charge in [0.1, 0.15) is 5.60 Å². The van der Waals surface area contributed by atoms with Crippen molar-refractivity contribution in [2.75, 3.05) is 0 Å². The van der Waals surface area contributed by atoms with Crippen LogP contribution in [0.15, 0.2) is 0 Å². The first-order valence-corrected chi connectivity index (χ1v) is 7.59. The molecule has 1 saturated carbocycles. The summed E-state index contributed by atoms with van der Waals surface area (Å²) in [7, 11) is 0. The lowest BCUT2D eigenvalue weighted by molar-refractivity contribution is -0.252. The van der Waals surface area contributed by atoms with Gasteiger partial charge in [0.2, 0.25) is 0 Å². The highest BCUT2D eigenvalue weighted by molar-refractivity contribution is 5.70. The number of rotatable bonds is 2. The Hall–Kier alpha value is -0.650. The van der Waals surface area contributed by atoms with E-state index in [-0.39, 0.29) is 11.8 Å². The van der Waals surface area contributed by atoms with Crippen LogP contribution in [0.3, 0.4) is 0 Å². The number of aliphatic hydroxyl groups is 1. The molecule has 3 rings (SSSR count). The molecule has 2 aliphatic heterocycles. The van der Waals surface area contributed by atoms with Crippen LogP contribution in [-0.4, -0.2) is 33.9 Å². The smallest absolute Gasteiger partial charge is 0.306 e. The Labute approximate surface area is 119 Å². The number of carboxylic acids is 1. The minimum Gasteiger partial charge on any atom is -0.481 e. The van der Waals surface area contributed by atoms with Gasteiger partial charge in [-0.2, -0.15) is 0 Å². The van der Waals surface area contributed by atoms with E-state index in [2.05, 4.69) is 6.92 Å². The van der Waals surface area contributed by atoms with E-state index < -0.39 is 29.6 Å². The lowest BCUT2D eigenvalue weighted by atomic mass is 9.58. The van der Waals surface area contributed by atoms with Crippen molar-refractivity contribution in [1.29, 1.82) is 0 Å². The van der Waals surface area contributed by atoms with Crippen molar-refractivity contribution >= 4 is 5.97 Å². The summed E-state index contributed by atoms with van der Waals surface area (Å²) in [5, 5.41) is 19.9. The van der Waals surface area contributed by atoms with Crippen LogP contribution < -0.4 is 0 Å². The first-order valence-electron chi connectivity index (χ1n) is 7.59. The van der Waals surface area contributed by atoms with Crippen LogP contribution in [0.25, 0.3) is 0 Å². The molecule has 114 valence electrons. The number of aliphatic hydroxyl groups excluding tert-OH is 1. The van der Waals surface area contributed by atoms with E-state index in [0.29, 0.717) is 5.92 Å². The maximum atomic E-state index is 11.4. The van der Waals surface area contributed by atoms with Crippen molar-refractivity contribution in [3.8, 4) is 0 Å². The Morgan fingerprint density at radius 1 is 1.35 bits per heavy atom. The van der Waals surface area contributed by atoms with E-state index >= 15 is 0 Å². The van der Waals surface area contributed by atoms with Crippen molar-refractivity contribution in [2.24, 2.45) is 23.7 Å². The van der Waals surface area contributed by atoms with Gasteiger partial charge in [-0.3, -0.25) is 4.79 Å². The highest BCUT2D eigenvalue weighted by Gasteiger charge is 2.68. The minimum absolute atomic E-state index is 0.175. The monoisotopic (exact) mass is 284 g/mol. The third-order valence-electron chi connectivity index (χ3n) is 5.82. The van der Waals surface area contributed by atoms with Gasteiger partial charge in [-0.1, -0.05) is 13.8 Å². The highest BCUT2D eigenvalue weighted by Crippen LogP contribution is 2.60. The molecule has 20 heavy (non-hydrogen) atoms. The molecular weight excluding hydrogens is 260 g/mol. The molecule has 1 aliphatic carbocycles. The van der Waals surface area contributed by atoms with Crippen LogP contribution in [0.2, 0.25) is 0 Å². The first-order chi connectivity index (χ1) is 9.30. The maximum absolute atomic E-state index is 11.4. The van der Waals surface area contributed by atoms with Crippen LogP contribution in [0.5, 0.6) is 0 Å². The predicted octanol–water partition coefficient (Wildman–Crippen LogP) is 1.98. The number of hydrogen-bond donors (Lipinski definition) is 2. The van der Waals surface area contributed by atoms with Gasteiger partial charge in [-0.15, -0.1) is 0 Å². The third kappa shape index (κ3) is 1.76. The van der Waals surface area contributed by atoms with Gasteiger partial charge in [0.15, 0.2) is 12.1 Å². The van der Waals surface area contributed by atoms with Gasteiger partial charge in [0.05, 0.1) is 5.92 Å². The quantitative estimate of drug-likeness (QED) is 0.811. The minimum atomic E-state index is -1.02. The number of hydrogen-bond acceptors (Lipinski definition) is 4. The Bertz CT molecular complexity index is 424. The molecule has 3 aliphatic rings. The van der Waals surface area contributed by atoms with E-state index in [1.165, 1.54) is 0 Å². The fourth-order valence-corrected chi connectivity index (χ4v) is 4.73. The van der Waals surface area contributed by atoms with Gasteiger partial charge in [-0.25, -0.2) is 0 Å². The molecule has 2 heterocycles. The van der Waals surface area contributed by atoms with Crippen molar-refractivity contribution in [2.45, 2.75) is 64.1 Å². The van der Waals surface area contributed by atoms with Gasteiger partial charge in [0.25, 0.3) is 0 Å². The lowest BCUT2D eigenvalue weighted by Gasteiger charge is -2.53. The SMILES string of the molecule is C[C@@H]1CCC([C@@H](C)C(=O)O)[C@]23O[C@@](C)(CCC12)O[C@H]3O. The average molecular weight is 284 g/mol. The topological polar surface area (TPSA) is 76.0 Å². The molecule has 2 N–H and O–H groups in total. The Morgan fingerprint density at radius 3 is 2.70 bits per heavy atom. The van der Waals surface area contributed by atoms with Crippen LogP contribution in [-0.2, 0) is 14.3 Å². The average Bonchev–Trinajstić information content (AvgIpc) is 2.55. The van der Waals surface area contributed by atoms with Crippen LogP contribution in [0.4, 0.5) is 0 Å². The number of fused-ring (bicyclic) bond motifs is 1.